The molecular weight excluding hydrogens is 308 g/mol. The van der Waals surface area contributed by atoms with E-state index in [1.165, 1.54) is 0 Å². The number of amides is 1. The molecule has 0 radical (unpaired) electrons. The average molecular weight is 334 g/mol. The summed E-state index contributed by atoms with van der Waals surface area (Å²) in [6.45, 7) is 3.88. The van der Waals surface area contributed by atoms with Crippen molar-refractivity contribution in [2.75, 3.05) is 47.5 Å². The van der Waals surface area contributed by atoms with Gasteiger partial charge in [0.05, 0.1) is 21.3 Å². The Morgan fingerprint density at radius 3 is 2.17 bits per heavy atom. The number of hydrogen-bond acceptors (Lipinski definition) is 5. The number of carbonyl (C=O) groups is 1. The number of hydrogen-bond donors (Lipinski definition) is 1. The van der Waals surface area contributed by atoms with Gasteiger partial charge in [0.15, 0.2) is 11.5 Å². The number of nitrogens with zero attached hydrogens (tertiary/aromatic N) is 1. The first kappa shape index (κ1) is 16.9. The zero-order valence-electron chi connectivity index (χ0n) is 14.6. The molecule has 1 aromatic rings. The van der Waals surface area contributed by atoms with Gasteiger partial charge in [-0.05, 0) is 36.0 Å². The lowest BCUT2D eigenvalue weighted by Gasteiger charge is -2.18. The van der Waals surface area contributed by atoms with Crippen LogP contribution < -0.4 is 19.5 Å². The van der Waals surface area contributed by atoms with E-state index in [0.29, 0.717) is 41.9 Å². The molecule has 2 fully saturated rings. The third-order valence-electron chi connectivity index (χ3n) is 5.09. The van der Waals surface area contributed by atoms with Crippen LogP contribution in [0.25, 0.3) is 0 Å². The number of rotatable bonds is 6. The largest absolute Gasteiger partial charge is 0.493 e. The zero-order chi connectivity index (χ0) is 17.1. The third-order valence-corrected chi connectivity index (χ3v) is 5.09. The lowest BCUT2D eigenvalue weighted by Crippen LogP contribution is -2.31. The van der Waals surface area contributed by atoms with E-state index in [2.05, 4.69) is 5.32 Å². The van der Waals surface area contributed by atoms with Crippen LogP contribution in [0.3, 0.4) is 0 Å². The highest BCUT2D eigenvalue weighted by Crippen LogP contribution is 2.38. The molecule has 0 aliphatic carbocycles. The monoisotopic (exact) mass is 334 g/mol. The summed E-state index contributed by atoms with van der Waals surface area (Å²) in [4.78, 5) is 14.5. The van der Waals surface area contributed by atoms with Crippen molar-refractivity contribution >= 4 is 5.91 Å². The van der Waals surface area contributed by atoms with Gasteiger partial charge in [0.1, 0.15) is 0 Å². The lowest BCUT2D eigenvalue weighted by atomic mass is 10.0. The Hall–Kier alpha value is -1.95. The number of nitrogens with one attached hydrogen (secondary N) is 1. The highest BCUT2D eigenvalue weighted by Gasteiger charge is 2.37. The molecule has 1 aromatic carbocycles. The first-order chi connectivity index (χ1) is 11.7. The highest BCUT2D eigenvalue weighted by molar-refractivity contribution is 5.77. The van der Waals surface area contributed by atoms with Crippen LogP contribution in [-0.4, -0.2) is 58.3 Å². The van der Waals surface area contributed by atoms with Crippen LogP contribution in [-0.2, 0) is 11.2 Å². The number of ether oxygens (including phenoxy) is 3. The van der Waals surface area contributed by atoms with Gasteiger partial charge >= 0.3 is 0 Å². The standard InChI is InChI=1S/C18H26N2O4/c1-22-15-6-12(7-16(23-2)18(15)24-3)4-5-17(21)20-10-13-8-19-9-14(13)11-20/h6-7,13-14,19H,4-5,8-11H2,1-3H3/t13-,14+. The Bertz CT molecular complexity index is 568. The molecule has 6 nitrogen and oxygen atoms in total. The molecule has 0 bridgehead atoms. The van der Waals surface area contributed by atoms with Crippen LogP contribution in [0.15, 0.2) is 12.1 Å². The van der Waals surface area contributed by atoms with Gasteiger partial charge in [-0.1, -0.05) is 0 Å². The first-order valence-electron chi connectivity index (χ1n) is 8.43. The summed E-state index contributed by atoms with van der Waals surface area (Å²) in [6.07, 6.45) is 1.17. The van der Waals surface area contributed by atoms with E-state index < -0.39 is 0 Å². The molecule has 1 amide bonds. The molecule has 132 valence electrons. The van der Waals surface area contributed by atoms with Gasteiger partial charge < -0.3 is 24.4 Å². The Morgan fingerprint density at radius 2 is 1.67 bits per heavy atom. The number of methoxy groups -OCH3 is 3. The van der Waals surface area contributed by atoms with Gasteiger partial charge in [-0.2, -0.15) is 0 Å². The van der Waals surface area contributed by atoms with Crippen molar-refractivity contribution in [1.82, 2.24) is 10.2 Å². The van der Waals surface area contributed by atoms with Gasteiger partial charge in [0.25, 0.3) is 0 Å². The molecular formula is C18H26N2O4. The molecule has 2 aliphatic heterocycles. The second-order valence-corrected chi connectivity index (χ2v) is 6.51. The Balaban J connectivity index is 1.63. The fraction of sp³-hybridized carbons (Fsp3) is 0.611. The van der Waals surface area contributed by atoms with Crippen molar-refractivity contribution in [3.63, 3.8) is 0 Å². The van der Waals surface area contributed by atoms with Gasteiger partial charge in [0, 0.05) is 32.6 Å². The van der Waals surface area contributed by atoms with E-state index in [9.17, 15) is 4.79 Å². The number of likely N-dealkylation sites (tertiary alicyclic amines) is 1. The predicted molar refractivity (Wildman–Crippen MR) is 90.8 cm³/mol. The fourth-order valence-electron chi connectivity index (χ4n) is 3.75. The Kier molecular flexibility index (Phi) is 5.14. The maximum atomic E-state index is 12.5. The third kappa shape index (κ3) is 3.29. The minimum atomic E-state index is 0.234. The smallest absolute Gasteiger partial charge is 0.222 e. The molecule has 2 atom stereocenters. The van der Waals surface area contributed by atoms with Crippen LogP contribution in [0.1, 0.15) is 12.0 Å². The molecule has 2 aliphatic rings. The molecule has 1 N–H and O–H groups in total. The Labute approximate surface area is 143 Å². The lowest BCUT2D eigenvalue weighted by molar-refractivity contribution is -0.130. The van der Waals surface area contributed by atoms with Crippen molar-refractivity contribution in [3.8, 4) is 17.2 Å². The van der Waals surface area contributed by atoms with Crippen LogP contribution in [0, 0.1) is 11.8 Å². The van der Waals surface area contributed by atoms with E-state index >= 15 is 0 Å². The number of fused-ring (bicyclic) bond motifs is 1. The maximum Gasteiger partial charge on any atom is 0.222 e. The molecule has 2 saturated heterocycles. The summed E-state index contributed by atoms with van der Waals surface area (Å²) in [5.41, 5.74) is 1.01. The van der Waals surface area contributed by atoms with Gasteiger partial charge in [-0.3, -0.25) is 4.79 Å². The minimum absolute atomic E-state index is 0.234. The van der Waals surface area contributed by atoms with Crippen LogP contribution >= 0.6 is 0 Å². The number of aryl methyl sites for hydroxylation is 1. The predicted octanol–water partition coefficient (Wildman–Crippen LogP) is 1.32. The molecule has 3 rings (SSSR count). The van der Waals surface area contributed by atoms with E-state index in [4.69, 9.17) is 14.2 Å². The average Bonchev–Trinajstić information content (AvgIpc) is 3.20. The minimum Gasteiger partial charge on any atom is -0.493 e. The van der Waals surface area contributed by atoms with Gasteiger partial charge in [0.2, 0.25) is 11.7 Å². The van der Waals surface area contributed by atoms with Crippen LogP contribution in [0.5, 0.6) is 17.2 Å². The normalized spacial score (nSPS) is 22.4. The van der Waals surface area contributed by atoms with Crippen molar-refractivity contribution in [2.45, 2.75) is 12.8 Å². The molecule has 2 heterocycles. The summed E-state index contributed by atoms with van der Waals surface area (Å²) in [5, 5.41) is 3.40. The second kappa shape index (κ2) is 7.30. The Morgan fingerprint density at radius 1 is 1.08 bits per heavy atom. The molecule has 0 saturated carbocycles. The SMILES string of the molecule is COc1cc(CCC(=O)N2C[C@H]3CNC[C@H]3C2)cc(OC)c1OC. The highest BCUT2D eigenvalue weighted by atomic mass is 16.5. The maximum absolute atomic E-state index is 12.5. The molecule has 0 unspecified atom stereocenters. The number of carbonyl (C=O) groups excluding carboxylic acids is 1. The molecule has 24 heavy (non-hydrogen) atoms. The summed E-state index contributed by atoms with van der Waals surface area (Å²) >= 11 is 0. The van der Waals surface area contributed by atoms with Crippen molar-refractivity contribution in [1.29, 1.82) is 0 Å². The summed E-state index contributed by atoms with van der Waals surface area (Å²) in [7, 11) is 4.79. The summed E-state index contributed by atoms with van der Waals surface area (Å²) in [5.74, 6) is 3.33. The van der Waals surface area contributed by atoms with Gasteiger partial charge in [-0.15, -0.1) is 0 Å². The van der Waals surface area contributed by atoms with E-state index in [-0.39, 0.29) is 5.91 Å². The molecule has 6 heteroatoms. The van der Waals surface area contributed by atoms with Crippen LogP contribution in [0.2, 0.25) is 0 Å². The summed E-state index contributed by atoms with van der Waals surface area (Å²) in [6, 6.07) is 3.83. The quantitative estimate of drug-likeness (QED) is 0.850. The molecule has 0 aromatic heterocycles. The first-order valence-corrected chi connectivity index (χ1v) is 8.43. The van der Waals surface area contributed by atoms with Crippen molar-refractivity contribution in [2.24, 2.45) is 11.8 Å². The topological polar surface area (TPSA) is 60.0 Å². The second-order valence-electron chi connectivity index (χ2n) is 6.51. The summed E-state index contributed by atoms with van der Waals surface area (Å²) < 4.78 is 16.1. The molecule has 0 spiro atoms. The number of benzene rings is 1. The van der Waals surface area contributed by atoms with Crippen molar-refractivity contribution < 1.29 is 19.0 Å². The van der Waals surface area contributed by atoms with E-state index in [1.807, 2.05) is 17.0 Å². The van der Waals surface area contributed by atoms with Gasteiger partial charge in [-0.25, -0.2) is 0 Å². The van der Waals surface area contributed by atoms with E-state index in [1.54, 1.807) is 21.3 Å². The fourth-order valence-corrected chi connectivity index (χ4v) is 3.75. The van der Waals surface area contributed by atoms with E-state index in [0.717, 1.165) is 31.7 Å². The van der Waals surface area contributed by atoms with Crippen LogP contribution in [0.4, 0.5) is 0 Å². The zero-order valence-corrected chi connectivity index (χ0v) is 14.6. The van der Waals surface area contributed by atoms with Crippen molar-refractivity contribution in [3.05, 3.63) is 17.7 Å².